The maximum Gasteiger partial charge on any atom is 0.269 e. The molecule has 0 atom stereocenters. The summed E-state index contributed by atoms with van der Waals surface area (Å²) in [7, 11) is 0. The number of carbonyl (C=O) groups excluding carboxylic acids is 3. The minimum absolute atomic E-state index is 0.145. The SMILES string of the molecule is O=C(CN1C(=O)COc2ccccc21)NNC(=O)c1ccc(Oc2ccccc2)cc1. The average Bonchev–Trinajstić information content (AvgIpc) is 2.80. The average molecular weight is 417 g/mol. The van der Waals surface area contributed by atoms with E-state index in [0.717, 1.165) is 0 Å². The van der Waals surface area contributed by atoms with Gasteiger partial charge in [-0.2, -0.15) is 0 Å². The van der Waals surface area contributed by atoms with Crippen LogP contribution in [-0.4, -0.2) is 30.9 Å². The summed E-state index contributed by atoms with van der Waals surface area (Å²) in [6.45, 7) is -0.391. The number of hydrazine groups is 1. The van der Waals surface area contributed by atoms with Gasteiger partial charge in [-0.3, -0.25) is 30.1 Å². The number of hydrogen-bond donors (Lipinski definition) is 2. The van der Waals surface area contributed by atoms with Crippen molar-refractivity contribution in [2.75, 3.05) is 18.1 Å². The largest absolute Gasteiger partial charge is 0.482 e. The van der Waals surface area contributed by atoms with Crippen LogP contribution in [0.4, 0.5) is 5.69 Å². The molecule has 8 heteroatoms. The molecule has 0 spiro atoms. The van der Waals surface area contributed by atoms with Crippen LogP contribution >= 0.6 is 0 Å². The first-order valence-corrected chi connectivity index (χ1v) is 9.54. The van der Waals surface area contributed by atoms with Gasteiger partial charge in [-0.15, -0.1) is 0 Å². The number of nitrogens with one attached hydrogen (secondary N) is 2. The second-order valence-corrected chi connectivity index (χ2v) is 6.68. The first kappa shape index (κ1) is 20.0. The Morgan fingerprint density at radius 3 is 2.32 bits per heavy atom. The first-order chi connectivity index (χ1) is 15.1. The smallest absolute Gasteiger partial charge is 0.269 e. The second-order valence-electron chi connectivity index (χ2n) is 6.68. The van der Waals surface area contributed by atoms with E-state index in [1.165, 1.54) is 4.90 Å². The van der Waals surface area contributed by atoms with E-state index in [1.807, 2.05) is 30.3 Å². The van der Waals surface area contributed by atoms with E-state index in [1.54, 1.807) is 48.5 Å². The molecule has 0 aromatic heterocycles. The lowest BCUT2D eigenvalue weighted by atomic mass is 10.2. The van der Waals surface area contributed by atoms with Gasteiger partial charge in [-0.05, 0) is 48.5 Å². The third kappa shape index (κ3) is 4.81. The zero-order chi connectivity index (χ0) is 21.6. The molecule has 4 rings (SSSR count). The Kier molecular flexibility index (Phi) is 5.79. The van der Waals surface area contributed by atoms with Crippen LogP contribution in [0.25, 0.3) is 0 Å². The molecule has 1 heterocycles. The Morgan fingerprint density at radius 1 is 0.871 bits per heavy atom. The predicted molar refractivity (Wildman–Crippen MR) is 113 cm³/mol. The molecule has 0 aliphatic carbocycles. The van der Waals surface area contributed by atoms with Crippen LogP contribution in [-0.2, 0) is 9.59 Å². The quantitative estimate of drug-likeness (QED) is 0.622. The number of fused-ring (bicyclic) bond motifs is 1. The van der Waals surface area contributed by atoms with Crippen molar-refractivity contribution < 1.29 is 23.9 Å². The Balaban J connectivity index is 1.31. The molecule has 1 aliphatic heterocycles. The molecule has 2 N–H and O–H groups in total. The van der Waals surface area contributed by atoms with E-state index in [2.05, 4.69) is 10.9 Å². The molecule has 8 nitrogen and oxygen atoms in total. The number of benzene rings is 3. The van der Waals surface area contributed by atoms with Crippen LogP contribution < -0.4 is 25.2 Å². The summed E-state index contributed by atoms with van der Waals surface area (Å²) in [5, 5.41) is 0. The third-order valence-electron chi connectivity index (χ3n) is 4.52. The summed E-state index contributed by atoms with van der Waals surface area (Å²) < 4.78 is 11.0. The monoisotopic (exact) mass is 417 g/mol. The highest BCUT2D eigenvalue weighted by Crippen LogP contribution is 2.31. The van der Waals surface area contributed by atoms with Gasteiger partial charge in [0.25, 0.3) is 17.7 Å². The lowest BCUT2D eigenvalue weighted by Crippen LogP contribution is -2.49. The standard InChI is InChI=1S/C23H19N3O5/c27-21(14-26-19-8-4-5-9-20(19)30-15-22(26)28)24-25-23(29)16-10-12-18(13-11-16)31-17-6-2-1-3-7-17/h1-13H,14-15H2,(H,24,27)(H,25,29). The number of nitrogens with zero attached hydrogens (tertiary/aromatic N) is 1. The minimum atomic E-state index is -0.539. The number of anilines is 1. The lowest BCUT2D eigenvalue weighted by molar-refractivity contribution is -0.125. The molecule has 3 aromatic carbocycles. The number of hydrogen-bond acceptors (Lipinski definition) is 5. The van der Waals surface area contributed by atoms with Crippen LogP contribution in [0.3, 0.4) is 0 Å². The number of para-hydroxylation sites is 3. The molecule has 3 aromatic rings. The predicted octanol–water partition coefficient (Wildman–Crippen LogP) is 2.67. The van der Waals surface area contributed by atoms with Crippen LogP contribution in [0.2, 0.25) is 0 Å². The molecule has 31 heavy (non-hydrogen) atoms. The molecule has 0 fully saturated rings. The van der Waals surface area contributed by atoms with Crippen molar-refractivity contribution in [3.63, 3.8) is 0 Å². The summed E-state index contributed by atoms with van der Waals surface area (Å²) in [4.78, 5) is 38.0. The number of ether oxygens (including phenoxy) is 2. The van der Waals surface area contributed by atoms with Crippen molar-refractivity contribution in [1.82, 2.24) is 10.9 Å². The van der Waals surface area contributed by atoms with Crippen LogP contribution in [0, 0.1) is 0 Å². The Labute approximate surface area is 178 Å². The van der Waals surface area contributed by atoms with Gasteiger partial charge < -0.3 is 9.47 Å². The van der Waals surface area contributed by atoms with Gasteiger partial charge in [-0.1, -0.05) is 30.3 Å². The Bertz CT molecular complexity index is 1100. The summed E-state index contributed by atoms with van der Waals surface area (Å²) in [5.74, 6) is 0.421. The van der Waals surface area contributed by atoms with Crippen molar-refractivity contribution in [3.8, 4) is 17.2 Å². The second kappa shape index (κ2) is 9.00. The van der Waals surface area contributed by atoms with Crippen LogP contribution in [0.5, 0.6) is 17.2 Å². The van der Waals surface area contributed by atoms with Gasteiger partial charge in [0.1, 0.15) is 23.8 Å². The molecule has 156 valence electrons. The van der Waals surface area contributed by atoms with Gasteiger partial charge in [-0.25, -0.2) is 0 Å². The van der Waals surface area contributed by atoms with Gasteiger partial charge in [0.05, 0.1) is 5.69 Å². The topological polar surface area (TPSA) is 97.0 Å². The van der Waals surface area contributed by atoms with Crippen LogP contribution in [0.15, 0.2) is 78.9 Å². The fraction of sp³-hybridized carbons (Fsp3) is 0.0870. The summed E-state index contributed by atoms with van der Waals surface area (Å²) in [6.07, 6.45) is 0. The van der Waals surface area contributed by atoms with Crippen molar-refractivity contribution in [2.24, 2.45) is 0 Å². The maximum absolute atomic E-state index is 12.3. The number of amides is 3. The highest BCUT2D eigenvalue weighted by atomic mass is 16.5. The van der Waals surface area contributed by atoms with Gasteiger partial charge in [0, 0.05) is 5.56 Å². The van der Waals surface area contributed by atoms with E-state index >= 15 is 0 Å². The highest BCUT2D eigenvalue weighted by Gasteiger charge is 2.27. The summed E-state index contributed by atoms with van der Waals surface area (Å²) in [5.41, 5.74) is 5.53. The first-order valence-electron chi connectivity index (χ1n) is 9.54. The molecule has 0 saturated carbocycles. The van der Waals surface area contributed by atoms with E-state index in [-0.39, 0.29) is 19.1 Å². The summed E-state index contributed by atoms with van der Waals surface area (Å²) >= 11 is 0. The van der Waals surface area contributed by atoms with Gasteiger partial charge in [0.2, 0.25) is 0 Å². The fourth-order valence-electron chi connectivity index (χ4n) is 3.01. The molecule has 0 unspecified atom stereocenters. The minimum Gasteiger partial charge on any atom is -0.482 e. The van der Waals surface area contributed by atoms with E-state index in [4.69, 9.17) is 9.47 Å². The molecular weight excluding hydrogens is 398 g/mol. The maximum atomic E-state index is 12.3. The molecule has 0 bridgehead atoms. The van der Waals surface area contributed by atoms with Crippen molar-refractivity contribution in [1.29, 1.82) is 0 Å². The van der Waals surface area contributed by atoms with Gasteiger partial charge >= 0.3 is 0 Å². The molecule has 0 saturated heterocycles. The van der Waals surface area contributed by atoms with E-state index < -0.39 is 11.8 Å². The molecule has 0 radical (unpaired) electrons. The van der Waals surface area contributed by atoms with Gasteiger partial charge in [0.15, 0.2) is 6.61 Å². The zero-order valence-corrected chi connectivity index (χ0v) is 16.4. The Morgan fingerprint density at radius 2 is 1.55 bits per heavy atom. The van der Waals surface area contributed by atoms with Crippen LogP contribution in [0.1, 0.15) is 10.4 Å². The third-order valence-corrected chi connectivity index (χ3v) is 4.52. The van der Waals surface area contributed by atoms with E-state index in [0.29, 0.717) is 28.5 Å². The zero-order valence-electron chi connectivity index (χ0n) is 16.4. The van der Waals surface area contributed by atoms with Crippen molar-refractivity contribution in [2.45, 2.75) is 0 Å². The number of carbonyl (C=O) groups is 3. The van der Waals surface area contributed by atoms with Crippen molar-refractivity contribution in [3.05, 3.63) is 84.4 Å². The molecular formula is C23H19N3O5. The normalized spacial score (nSPS) is 12.4. The Hall–Kier alpha value is -4.33. The molecule has 3 amide bonds. The van der Waals surface area contributed by atoms with E-state index in [9.17, 15) is 14.4 Å². The number of rotatable bonds is 5. The molecule has 1 aliphatic rings. The fourth-order valence-corrected chi connectivity index (χ4v) is 3.01. The lowest BCUT2D eigenvalue weighted by Gasteiger charge is -2.28. The highest BCUT2D eigenvalue weighted by molar-refractivity contribution is 6.02. The summed E-state index contributed by atoms with van der Waals surface area (Å²) in [6, 6.07) is 22.7. The van der Waals surface area contributed by atoms with Crippen molar-refractivity contribution >= 4 is 23.4 Å².